The summed E-state index contributed by atoms with van der Waals surface area (Å²) in [4.78, 5) is 14.5. The zero-order chi connectivity index (χ0) is 11.8. The number of amides is 1. The predicted octanol–water partition coefficient (Wildman–Crippen LogP) is 0.324. The Morgan fingerprint density at radius 2 is 2.25 bits per heavy atom. The van der Waals surface area contributed by atoms with Gasteiger partial charge in [0.1, 0.15) is 0 Å². The molecule has 4 nitrogen and oxygen atoms in total. The number of rotatable bonds is 2. The fourth-order valence-corrected chi connectivity index (χ4v) is 2.88. The van der Waals surface area contributed by atoms with E-state index >= 15 is 0 Å². The summed E-state index contributed by atoms with van der Waals surface area (Å²) in [7, 11) is 2.09. The number of likely N-dealkylation sites (tertiary alicyclic amines) is 1. The summed E-state index contributed by atoms with van der Waals surface area (Å²) in [6.45, 7) is 4.06. The molecule has 4 heteroatoms. The van der Waals surface area contributed by atoms with Crippen LogP contribution in [-0.4, -0.2) is 43.0 Å². The van der Waals surface area contributed by atoms with Crippen LogP contribution >= 0.6 is 0 Å². The van der Waals surface area contributed by atoms with Gasteiger partial charge in [0, 0.05) is 18.6 Å². The number of nitrogens with one attached hydrogen (secondary N) is 1. The molecule has 92 valence electrons. The van der Waals surface area contributed by atoms with Crippen LogP contribution in [-0.2, 0) is 4.79 Å². The minimum atomic E-state index is -0.332. The van der Waals surface area contributed by atoms with Crippen molar-refractivity contribution in [1.29, 1.82) is 0 Å². The number of hydrogen-bond acceptors (Lipinski definition) is 3. The van der Waals surface area contributed by atoms with Gasteiger partial charge in [-0.1, -0.05) is 6.42 Å². The maximum Gasteiger partial charge on any atom is 0.227 e. The molecule has 3 unspecified atom stereocenters. The highest BCUT2D eigenvalue weighted by atomic mass is 16.2. The molecule has 0 spiro atoms. The number of carbonyl (C=O) groups is 1. The predicted molar refractivity (Wildman–Crippen MR) is 64.0 cm³/mol. The lowest BCUT2D eigenvalue weighted by molar-refractivity contribution is -0.131. The molecule has 16 heavy (non-hydrogen) atoms. The number of likely N-dealkylation sites (N-methyl/N-ethyl adjacent to an activating group) is 1. The van der Waals surface area contributed by atoms with Crippen molar-refractivity contribution in [1.82, 2.24) is 10.2 Å². The monoisotopic (exact) mass is 225 g/mol. The van der Waals surface area contributed by atoms with E-state index in [1.54, 1.807) is 0 Å². The van der Waals surface area contributed by atoms with Crippen molar-refractivity contribution in [2.24, 2.45) is 11.1 Å². The second-order valence-corrected chi connectivity index (χ2v) is 5.64. The van der Waals surface area contributed by atoms with E-state index in [0.29, 0.717) is 6.04 Å². The molecule has 0 aromatic heterocycles. The summed E-state index contributed by atoms with van der Waals surface area (Å²) in [5.74, 6) is 0.165. The van der Waals surface area contributed by atoms with Crippen molar-refractivity contribution in [3.63, 3.8) is 0 Å². The highest BCUT2D eigenvalue weighted by molar-refractivity contribution is 5.83. The normalized spacial score (nSPS) is 40.2. The molecule has 3 N–H and O–H groups in total. The fourth-order valence-electron chi connectivity index (χ4n) is 2.88. The Kier molecular flexibility index (Phi) is 3.22. The van der Waals surface area contributed by atoms with Crippen LogP contribution in [0.1, 0.15) is 32.6 Å². The Hall–Kier alpha value is -0.610. The first-order chi connectivity index (χ1) is 7.52. The van der Waals surface area contributed by atoms with Crippen LogP contribution in [0.2, 0.25) is 0 Å². The van der Waals surface area contributed by atoms with Gasteiger partial charge in [-0.05, 0) is 39.8 Å². The van der Waals surface area contributed by atoms with Crippen LogP contribution in [0.5, 0.6) is 0 Å². The lowest BCUT2D eigenvalue weighted by Crippen LogP contribution is -2.50. The van der Waals surface area contributed by atoms with Gasteiger partial charge < -0.3 is 16.0 Å². The van der Waals surface area contributed by atoms with Crippen molar-refractivity contribution in [2.75, 3.05) is 20.1 Å². The van der Waals surface area contributed by atoms with Crippen molar-refractivity contribution in [3.05, 3.63) is 0 Å². The maximum atomic E-state index is 12.2. The minimum absolute atomic E-state index is 0.0339. The molecule has 1 aliphatic carbocycles. The van der Waals surface area contributed by atoms with E-state index < -0.39 is 0 Å². The van der Waals surface area contributed by atoms with Crippen LogP contribution in [0.15, 0.2) is 0 Å². The molecule has 2 aliphatic rings. The Bertz CT molecular complexity index is 281. The largest absolute Gasteiger partial charge is 0.352 e. The number of hydrogen-bond donors (Lipinski definition) is 2. The Balaban J connectivity index is 1.92. The molecule has 0 bridgehead atoms. The standard InChI is InChI=1S/C12H23N3O/c1-12(6-3-4-10(12)13)11(16)14-9-5-7-15(2)8-9/h9-10H,3-8,13H2,1-2H3,(H,14,16). The molecule has 0 aromatic carbocycles. The lowest BCUT2D eigenvalue weighted by atomic mass is 9.84. The quantitative estimate of drug-likeness (QED) is 0.712. The first-order valence-corrected chi connectivity index (χ1v) is 6.27. The van der Waals surface area contributed by atoms with Crippen molar-refractivity contribution in [2.45, 2.75) is 44.7 Å². The third kappa shape index (κ3) is 2.09. The topological polar surface area (TPSA) is 58.4 Å². The van der Waals surface area contributed by atoms with E-state index in [9.17, 15) is 4.79 Å². The zero-order valence-corrected chi connectivity index (χ0v) is 10.3. The Morgan fingerprint density at radius 1 is 1.50 bits per heavy atom. The molecule has 1 aliphatic heterocycles. The van der Waals surface area contributed by atoms with E-state index in [1.807, 2.05) is 6.92 Å². The van der Waals surface area contributed by atoms with Gasteiger partial charge in [-0.2, -0.15) is 0 Å². The highest BCUT2D eigenvalue weighted by Crippen LogP contribution is 2.37. The lowest BCUT2D eigenvalue weighted by Gasteiger charge is -2.29. The third-order valence-corrected chi connectivity index (χ3v) is 4.27. The Labute approximate surface area is 97.6 Å². The minimum Gasteiger partial charge on any atom is -0.352 e. The second-order valence-electron chi connectivity index (χ2n) is 5.64. The maximum absolute atomic E-state index is 12.2. The molecule has 3 atom stereocenters. The van der Waals surface area contributed by atoms with Crippen LogP contribution in [0.3, 0.4) is 0 Å². The molecule has 1 saturated carbocycles. The average molecular weight is 225 g/mol. The van der Waals surface area contributed by atoms with Gasteiger partial charge in [0.25, 0.3) is 0 Å². The number of carbonyl (C=O) groups excluding carboxylic acids is 1. The molecular formula is C12H23N3O. The van der Waals surface area contributed by atoms with E-state index in [0.717, 1.165) is 38.8 Å². The van der Waals surface area contributed by atoms with Crippen molar-refractivity contribution >= 4 is 5.91 Å². The molecule has 2 rings (SSSR count). The van der Waals surface area contributed by atoms with E-state index in [1.165, 1.54) is 0 Å². The summed E-state index contributed by atoms with van der Waals surface area (Å²) in [6, 6.07) is 0.355. The van der Waals surface area contributed by atoms with E-state index in [2.05, 4.69) is 17.3 Å². The molecule has 1 saturated heterocycles. The van der Waals surface area contributed by atoms with Gasteiger partial charge >= 0.3 is 0 Å². The van der Waals surface area contributed by atoms with Gasteiger partial charge in [0.15, 0.2) is 0 Å². The van der Waals surface area contributed by atoms with Crippen LogP contribution in [0, 0.1) is 5.41 Å². The van der Waals surface area contributed by atoms with E-state index in [4.69, 9.17) is 5.73 Å². The van der Waals surface area contributed by atoms with Gasteiger partial charge in [0.2, 0.25) is 5.91 Å². The first-order valence-electron chi connectivity index (χ1n) is 6.27. The summed E-state index contributed by atoms with van der Waals surface area (Å²) >= 11 is 0. The number of nitrogens with zero attached hydrogens (tertiary/aromatic N) is 1. The third-order valence-electron chi connectivity index (χ3n) is 4.27. The molecule has 0 radical (unpaired) electrons. The summed E-state index contributed by atoms with van der Waals surface area (Å²) in [5.41, 5.74) is 5.71. The SMILES string of the molecule is CN1CCC(NC(=O)C2(C)CCCC2N)C1. The summed E-state index contributed by atoms with van der Waals surface area (Å²) in [6.07, 6.45) is 4.06. The number of nitrogens with two attached hydrogens (primary N) is 1. The van der Waals surface area contributed by atoms with Crippen molar-refractivity contribution in [3.8, 4) is 0 Å². The Morgan fingerprint density at radius 3 is 2.75 bits per heavy atom. The van der Waals surface area contributed by atoms with Gasteiger partial charge in [0.05, 0.1) is 5.41 Å². The smallest absolute Gasteiger partial charge is 0.227 e. The molecule has 1 heterocycles. The van der Waals surface area contributed by atoms with Gasteiger partial charge in [-0.25, -0.2) is 0 Å². The highest BCUT2D eigenvalue weighted by Gasteiger charge is 2.43. The van der Waals surface area contributed by atoms with Gasteiger partial charge in [-0.15, -0.1) is 0 Å². The molecular weight excluding hydrogens is 202 g/mol. The van der Waals surface area contributed by atoms with Crippen molar-refractivity contribution < 1.29 is 4.79 Å². The summed E-state index contributed by atoms with van der Waals surface area (Å²) in [5, 5.41) is 3.16. The van der Waals surface area contributed by atoms with E-state index in [-0.39, 0.29) is 17.4 Å². The molecule has 2 fully saturated rings. The molecule has 1 amide bonds. The zero-order valence-electron chi connectivity index (χ0n) is 10.3. The van der Waals surface area contributed by atoms with Gasteiger partial charge in [-0.3, -0.25) is 4.79 Å². The average Bonchev–Trinajstić information content (AvgIpc) is 2.76. The first kappa shape index (κ1) is 11.9. The fraction of sp³-hybridized carbons (Fsp3) is 0.917. The van der Waals surface area contributed by atoms with Crippen LogP contribution < -0.4 is 11.1 Å². The second kappa shape index (κ2) is 4.34. The molecule has 0 aromatic rings. The van der Waals surface area contributed by atoms with Crippen LogP contribution in [0.4, 0.5) is 0 Å². The van der Waals surface area contributed by atoms with Crippen LogP contribution in [0.25, 0.3) is 0 Å². The summed E-state index contributed by atoms with van der Waals surface area (Å²) < 4.78 is 0.